The van der Waals surface area contributed by atoms with E-state index in [9.17, 15) is 0 Å². The quantitative estimate of drug-likeness (QED) is 0.448. The van der Waals surface area contributed by atoms with Crippen molar-refractivity contribution in [1.29, 1.82) is 0 Å². The zero-order valence-corrected chi connectivity index (χ0v) is 18.2. The Morgan fingerprint density at radius 3 is 2.25 bits per heavy atom. The summed E-state index contributed by atoms with van der Waals surface area (Å²) in [5, 5.41) is 0. The van der Waals surface area contributed by atoms with Crippen LogP contribution < -0.4 is 0 Å². The van der Waals surface area contributed by atoms with Gasteiger partial charge in [0.2, 0.25) is 0 Å². The van der Waals surface area contributed by atoms with Crippen LogP contribution >= 0.6 is 0 Å². The van der Waals surface area contributed by atoms with Crippen molar-refractivity contribution in [3.8, 4) is 0 Å². The molecule has 2 saturated carbocycles. The highest BCUT2D eigenvalue weighted by Crippen LogP contribution is 2.36. The van der Waals surface area contributed by atoms with Crippen LogP contribution in [0, 0.1) is 5.92 Å². The van der Waals surface area contributed by atoms with E-state index in [0.29, 0.717) is 18.9 Å². The molecule has 3 heteroatoms. The summed E-state index contributed by atoms with van der Waals surface area (Å²) in [7, 11) is 0. The largest absolute Gasteiger partial charge is 0.429 e. The van der Waals surface area contributed by atoms with E-state index in [1.54, 1.807) is 0 Å². The van der Waals surface area contributed by atoms with Gasteiger partial charge in [0, 0.05) is 17.7 Å². The average Bonchev–Trinajstić information content (AvgIpc) is 2.73. The summed E-state index contributed by atoms with van der Waals surface area (Å²) >= 11 is 0. The lowest BCUT2D eigenvalue weighted by molar-refractivity contribution is 0.155. The van der Waals surface area contributed by atoms with Crippen LogP contribution in [0.5, 0.6) is 0 Å². The Balaban J connectivity index is 1.90. The first-order valence-corrected chi connectivity index (χ1v) is 12.1. The molecule has 0 saturated heterocycles. The van der Waals surface area contributed by atoms with Crippen molar-refractivity contribution in [3.63, 3.8) is 0 Å². The van der Waals surface area contributed by atoms with Gasteiger partial charge < -0.3 is 4.65 Å². The Labute approximate surface area is 173 Å². The Kier molecular flexibility index (Phi) is 9.11. The monoisotopic (exact) mass is 381 g/mol. The van der Waals surface area contributed by atoms with Crippen LogP contribution in [0.2, 0.25) is 12.6 Å². The molecule has 0 spiro atoms. The maximum absolute atomic E-state index is 6.81. The molecule has 28 heavy (non-hydrogen) atoms. The van der Waals surface area contributed by atoms with Gasteiger partial charge in [-0.25, -0.2) is 0 Å². The van der Waals surface area contributed by atoms with Crippen LogP contribution in [0.4, 0.5) is 0 Å². The molecular formula is C25H40BNO. The lowest BCUT2D eigenvalue weighted by Crippen LogP contribution is -2.31. The predicted molar refractivity (Wildman–Crippen MR) is 122 cm³/mol. The summed E-state index contributed by atoms with van der Waals surface area (Å²) < 4.78 is 6.81. The number of aliphatic imine (C=N–C) groups is 1. The maximum Gasteiger partial charge on any atom is 0.293 e. The van der Waals surface area contributed by atoms with Crippen LogP contribution in [-0.2, 0) is 4.65 Å². The van der Waals surface area contributed by atoms with Gasteiger partial charge in [-0.2, -0.15) is 0 Å². The van der Waals surface area contributed by atoms with Gasteiger partial charge in [0.15, 0.2) is 0 Å². The molecule has 0 heterocycles. The second-order valence-electron chi connectivity index (χ2n) is 8.88. The highest BCUT2D eigenvalue weighted by Gasteiger charge is 2.31. The first-order chi connectivity index (χ1) is 13.8. The van der Waals surface area contributed by atoms with E-state index in [2.05, 4.69) is 44.2 Å². The average molecular weight is 381 g/mol. The molecule has 2 aliphatic carbocycles. The van der Waals surface area contributed by atoms with Crippen molar-refractivity contribution in [1.82, 2.24) is 0 Å². The number of benzene rings is 1. The molecule has 2 nitrogen and oxygen atoms in total. The van der Waals surface area contributed by atoms with Gasteiger partial charge >= 0.3 is 0 Å². The standard InChI is InChI=1S/C25H40BNO/c1-3-26(4-2)28-25(21-15-9-7-10-16-21)23-19-13-5-6-14-20-24(23)27-22-17-11-8-12-18-22/h7,9-10,15-16,22-23,25H,3-6,8,11-14,17-20H2,1-2H3. The van der Waals surface area contributed by atoms with E-state index in [4.69, 9.17) is 9.65 Å². The van der Waals surface area contributed by atoms with E-state index in [0.717, 1.165) is 12.6 Å². The Hall–Kier alpha value is -1.09. The third-order valence-electron chi connectivity index (χ3n) is 6.79. The lowest BCUT2D eigenvalue weighted by Gasteiger charge is -2.34. The van der Waals surface area contributed by atoms with E-state index in [1.165, 1.54) is 81.9 Å². The zero-order valence-electron chi connectivity index (χ0n) is 18.2. The number of rotatable bonds is 7. The van der Waals surface area contributed by atoms with Gasteiger partial charge in [0.05, 0.1) is 6.10 Å². The third kappa shape index (κ3) is 6.21. The fourth-order valence-corrected chi connectivity index (χ4v) is 5.04. The molecule has 2 unspecified atom stereocenters. The van der Waals surface area contributed by atoms with Crippen LogP contribution in [0.1, 0.15) is 96.1 Å². The van der Waals surface area contributed by atoms with Crippen molar-refractivity contribution >= 4 is 12.6 Å². The molecule has 2 aliphatic rings. The molecule has 0 N–H and O–H groups in total. The van der Waals surface area contributed by atoms with Gasteiger partial charge in [-0.3, -0.25) is 4.99 Å². The normalized spacial score (nSPS) is 24.5. The molecule has 0 aliphatic heterocycles. The Morgan fingerprint density at radius 1 is 0.893 bits per heavy atom. The summed E-state index contributed by atoms with van der Waals surface area (Å²) in [6.45, 7) is 4.85. The van der Waals surface area contributed by atoms with Gasteiger partial charge in [-0.1, -0.05) is 95.3 Å². The first-order valence-electron chi connectivity index (χ1n) is 12.1. The van der Waals surface area contributed by atoms with Gasteiger partial charge in [-0.05, 0) is 37.7 Å². The second kappa shape index (κ2) is 11.8. The SMILES string of the molecule is CCB(CC)OC(c1ccccc1)C1CCCCCCC1=NC1CCCCC1. The summed E-state index contributed by atoms with van der Waals surface area (Å²) in [6.07, 6.45) is 16.8. The smallest absolute Gasteiger partial charge is 0.293 e. The highest BCUT2D eigenvalue weighted by atomic mass is 16.4. The second-order valence-corrected chi connectivity index (χ2v) is 8.88. The minimum absolute atomic E-state index is 0.159. The van der Waals surface area contributed by atoms with Gasteiger partial charge in [0.25, 0.3) is 6.92 Å². The molecule has 0 bridgehead atoms. The molecule has 2 atom stereocenters. The van der Waals surface area contributed by atoms with Crippen LogP contribution in [-0.4, -0.2) is 18.7 Å². The number of hydrogen-bond acceptors (Lipinski definition) is 2. The number of nitrogens with zero attached hydrogens (tertiary/aromatic N) is 1. The fraction of sp³-hybridized carbons (Fsp3) is 0.720. The van der Waals surface area contributed by atoms with Crippen molar-refractivity contribution < 1.29 is 4.65 Å². The molecule has 154 valence electrons. The molecule has 1 aromatic rings. The first kappa shape index (κ1) is 21.6. The van der Waals surface area contributed by atoms with Crippen molar-refractivity contribution in [2.45, 2.75) is 109 Å². The molecular weight excluding hydrogens is 341 g/mol. The number of hydrogen-bond donors (Lipinski definition) is 0. The summed E-state index contributed by atoms with van der Waals surface area (Å²) in [5.74, 6) is 0.449. The Morgan fingerprint density at radius 2 is 1.54 bits per heavy atom. The molecule has 2 fully saturated rings. The molecule has 0 amide bonds. The minimum atomic E-state index is 0.159. The van der Waals surface area contributed by atoms with E-state index in [-0.39, 0.29) is 6.10 Å². The summed E-state index contributed by atoms with van der Waals surface area (Å²) in [6, 6.07) is 11.6. The third-order valence-corrected chi connectivity index (χ3v) is 6.79. The van der Waals surface area contributed by atoms with Crippen molar-refractivity contribution in [3.05, 3.63) is 35.9 Å². The topological polar surface area (TPSA) is 21.6 Å². The van der Waals surface area contributed by atoms with Gasteiger partial charge in [0.1, 0.15) is 0 Å². The van der Waals surface area contributed by atoms with Crippen LogP contribution in [0.25, 0.3) is 0 Å². The fourth-order valence-electron chi connectivity index (χ4n) is 5.04. The zero-order chi connectivity index (χ0) is 19.6. The molecule has 0 radical (unpaired) electrons. The maximum atomic E-state index is 6.81. The van der Waals surface area contributed by atoms with E-state index < -0.39 is 0 Å². The predicted octanol–water partition coefficient (Wildman–Crippen LogP) is 7.52. The summed E-state index contributed by atoms with van der Waals surface area (Å²) in [5.41, 5.74) is 2.82. The van der Waals surface area contributed by atoms with Crippen LogP contribution in [0.3, 0.4) is 0 Å². The van der Waals surface area contributed by atoms with Crippen LogP contribution in [0.15, 0.2) is 35.3 Å². The summed E-state index contributed by atoms with van der Waals surface area (Å²) in [4.78, 5) is 5.42. The van der Waals surface area contributed by atoms with Gasteiger partial charge in [-0.15, -0.1) is 0 Å². The molecule has 3 rings (SSSR count). The minimum Gasteiger partial charge on any atom is -0.429 e. The van der Waals surface area contributed by atoms with E-state index in [1.807, 2.05) is 0 Å². The molecule has 1 aromatic carbocycles. The molecule has 0 aromatic heterocycles. The highest BCUT2D eigenvalue weighted by molar-refractivity contribution is 6.51. The Bertz CT molecular complexity index is 577. The van der Waals surface area contributed by atoms with Crippen molar-refractivity contribution in [2.24, 2.45) is 10.9 Å². The van der Waals surface area contributed by atoms with Crippen molar-refractivity contribution in [2.75, 3.05) is 0 Å². The lowest BCUT2D eigenvalue weighted by atomic mass is 9.62. The van der Waals surface area contributed by atoms with E-state index >= 15 is 0 Å².